The molecule has 0 saturated carbocycles. The lowest BCUT2D eigenvalue weighted by atomic mass is 10.2. The molecule has 3 nitrogen and oxygen atoms in total. The lowest BCUT2D eigenvalue weighted by Gasteiger charge is -2.11. The zero-order chi connectivity index (χ0) is 11.4. The number of carbonyl (C=O) groups excluding carboxylic acids is 1. The van der Waals surface area contributed by atoms with Gasteiger partial charge in [0.05, 0.1) is 0 Å². The molecule has 4 heteroatoms. The number of benzene rings is 1. The van der Waals surface area contributed by atoms with Crippen LogP contribution in [0.3, 0.4) is 0 Å². The van der Waals surface area contributed by atoms with Crippen LogP contribution in [0, 0.1) is 5.82 Å². The van der Waals surface area contributed by atoms with Crippen LogP contribution < -0.4 is 10.6 Å². The molecular weight excluding hydrogens is 207 g/mol. The summed E-state index contributed by atoms with van der Waals surface area (Å²) in [5.74, 6) is -0.0804. The smallest absolute Gasteiger partial charge is 0.220 e. The van der Waals surface area contributed by atoms with Gasteiger partial charge in [0.15, 0.2) is 0 Å². The lowest BCUT2D eigenvalue weighted by molar-refractivity contribution is -0.119. The Morgan fingerprint density at radius 1 is 1.44 bits per heavy atom. The molecule has 2 rings (SSSR count). The highest BCUT2D eigenvalue weighted by molar-refractivity contribution is 5.78. The molecule has 1 aliphatic heterocycles. The summed E-state index contributed by atoms with van der Waals surface area (Å²) >= 11 is 0. The zero-order valence-electron chi connectivity index (χ0n) is 9.00. The summed E-state index contributed by atoms with van der Waals surface area (Å²) < 4.78 is 13.2. The van der Waals surface area contributed by atoms with Gasteiger partial charge in [-0.05, 0) is 12.5 Å². The van der Waals surface area contributed by atoms with Gasteiger partial charge in [0.1, 0.15) is 5.82 Å². The number of amides is 1. The van der Waals surface area contributed by atoms with Gasteiger partial charge >= 0.3 is 0 Å². The number of carbonyl (C=O) groups is 1. The molecule has 1 atom stereocenters. The second-order valence-corrected chi connectivity index (χ2v) is 4.03. The molecule has 1 saturated heterocycles. The third kappa shape index (κ3) is 2.79. The van der Waals surface area contributed by atoms with Crippen LogP contribution in [0.5, 0.6) is 0 Å². The summed E-state index contributed by atoms with van der Waals surface area (Å²) in [4.78, 5) is 10.9. The Hall–Kier alpha value is -1.42. The van der Waals surface area contributed by atoms with Crippen molar-refractivity contribution >= 4 is 5.91 Å². The normalized spacial score (nSPS) is 19.8. The largest absolute Gasteiger partial charge is 0.352 e. The van der Waals surface area contributed by atoms with Crippen molar-refractivity contribution in [3.63, 3.8) is 0 Å². The van der Waals surface area contributed by atoms with Gasteiger partial charge in [-0.25, -0.2) is 4.39 Å². The van der Waals surface area contributed by atoms with Crippen LogP contribution in [0.2, 0.25) is 0 Å². The monoisotopic (exact) mass is 222 g/mol. The highest BCUT2D eigenvalue weighted by atomic mass is 19.1. The minimum atomic E-state index is -0.189. The number of hydrogen-bond acceptors (Lipinski definition) is 2. The Balaban J connectivity index is 1.76. The molecule has 1 amide bonds. The first-order chi connectivity index (χ1) is 7.75. The van der Waals surface area contributed by atoms with Crippen molar-refractivity contribution < 1.29 is 9.18 Å². The molecule has 1 aromatic carbocycles. The third-order valence-corrected chi connectivity index (χ3v) is 2.75. The molecular formula is C12H15FN2O. The van der Waals surface area contributed by atoms with Crippen molar-refractivity contribution in [2.45, 2.75) is 25.4 Å². The van der Waals surface area contributed by atoms with Gasteiger partial charge in [-0.15, -0.1) is 0 Å². The number of nitrogens with one attached hydrogen (secondary N) is 2. The molecule has 0 bridgehead atoms. The molecule has 86 valence electrons. The van der Waals surface area contributed by atoms with Crippen LogP contribution >= 0.6 is 0 Å². The van der Waals surface area contributed by atoms with Gasteiger partial charge in [-0.1, -0.05) is 18.2 Å². The van der Waals surface area contributed by atoms with Crippen LogP contribution in [-0.2, 0) is 11.3 Å². The fourth-order valence-electron chi connectivity index (χ4n) is 1.85. The molecule has 1 aromatic rings. The van der Waals surface area contributed by atoms with Crippen molar-refractivity contribution in [3.05, 3.63) is 35.6 Å². The van der Waals surface area contributed by atoms with E-state index in [0.29, 0.717) is 25.1 Å². The van der Waals surface area contributed by atoms with Crippen molar-refractivity contribution in [3.8, 4) is 0 Å². The van der Waals surface area contributed by atoms with Crippen LogP contribution in [-0.4, -0.2) is 18.5 Å². The van der Waals surface area contributed by atoms with Crippen molar-refractivity contribution in [2.24, 2.45) is 0 Å². The molecule has 1 fully saturated rings. The van der Waals surface area contributed by atoms with E-state index in [9.17, 15) is 9.18 Å². The molecule has 0 spiro atoms. The molecule has 0 unspecified atom stereocenters. The van der Waals surface area contributed by atoms with Gasteiger partial charge in [-0.2, -0.15) is 0 Å². The van der Waals surface area contributed by atoms with E-state index in [-0.39, 0.29) is 17.8 Å². The highest BCUT2D eigenvalue weighted by Gasteiger charge is 2.19. The van der Waals surface area contributed by atoms with E-state index in [1.165, 1.54) is 6.07 Å². The maximum atomic E-state index is 13.2. The van der Waals surface area contributed by atoms with E-state index in [0.717, 1.165) is 6.42 Å². The SMILES string of the molecule is O=C1CC[C@H](CNCc2ccccc2F)N1. The predicted octanol–water partition coefficient (Wildman–Crippen LogP) is 1.19. The van der Waals surface area contributed by atoms with Crippen molar-refractivity contribution in [1.82, 2.24) is 10.6 Å². The van der Waals surface area contributed by atoms with E-state index < -0.39 is 0 Å². The van der Waals surface area contributed by atoms with Gasteiger partial charge in [0.25, 0.3) is 0 Å². The average molecular weight is 222 g/mol. The van der Waals surface area contributed by atoms with E-state index in [4.69, 9.17) is 0 Å². The fourth-order valence-corrected chi connectivity index (χ4v) is 1.85. The Kier molecular flexibility index (Phi) is 3.51. The predicted molar refractivity (Wildman–Crippen MR) is 59.3 cm³/mol. The molecule has 1 heterocycles. The third-order valence-electron chi connectivity index (χ3n) is 2.75. The quantitative estimate of drug-likeness (QED) is 0.803. The zero-order valence-corrected chi connectivity index (χ0v) is 9.00. The topological polar surface area (TPSA) is 41.1 Å². The summed E-state index contributed by atoms with van der Waals surface area (Å²) in [6.45, 7) is 1.19. The van der Waals surface area contributed by atoms with Crippen LogP contribution in [0.25, 0.3) is 0 Å². The lowest BCUT2D eigenvalue weighted by Crippen LogP contribution is -2.35. The van der Waals surface area contributed by atoms with E-state index >= 15 is 0 Å². The number of rotatable bonds is 4. The summed E-state index contributed by atoms with van der Waals surface area (Å²) in [5, 5.41) is 6.01. The maximum Gasteiger partial charge on any atom is 0.220 e. The second kappa shape index (κ2) is 5.07. The maximum absolute atomic E-state index is 13.2. The van der Waals surface area contributed by atoms with Gasteiger partial charge in [0.2, 0.25) is 5.91 Å². The Bertz CT molecular complexity index is 381. The first-order valence-corrected chi connectivity index (χ1v) is 5.49. The first-order valence-electron chi connectivity index (χ1n) is 5.49. The van der Waals surface area contributed by atoms with Crippen LogP contribution in [0.1, 0.15) is 18.4 Å². The van der Waals surface area contributed by atoms with Crippen LogP contribution in [0.15, 0.2) is 24.3 Å². The Morgan fingerprint density at radius 2 is 2.25 bits per heavy atom. The Morgan fingerprint density at radius 3 is 2.94 bits per heavy atom. The number of halogens is 1. The molecule has 0 radical (unpaired) electrons. The average Bonchev–Trinajstić information content (AvgIpc) is 2.67. The summed E-state index contributed by atoms with van der Waals surface area (Å²) in [7, 11) is 0. The van der Waals surface area contributed by atoms with E-state index in [1.807, 2.05) is 6.07 Å². The first kappa shape index (κ1) is 11.1. The van der Waals surface area contributed by atoms with Gasteiger partial charge in [0, 0.05) is 31.1 Å². The second-order valence-electron chi connectivity index (χ2n) is 4.03. The molecule has 0 aromatic heterocycles. The van der Waals surface area contributed by atoms with Crippen molar-refractivity contribution in [2.75, 3.05) is 6.54 Å². The fraction of sp³-hybridized carbons (Fsp3) is 0.417. The summed E-state index contributed by atoms with van der Waals surface area (Å²) in [5.41, 5.74) is 0.659. The highest BCUT2D eigenvalue weighted by Crippen LogP contribution is 2.07. The summed E-state index contributed by atoms with van der Waals surface area (Å²) in [6, 6.07) is 6.90. The van der Waals surface area contributed by atoms with Gasteiger partial charge in [-0.3, -0.25) is 4.79 Å². The van der Waals surface area contributed by atoms with Crippen molar-refractivity contribution in [1.29, 1.82) is 0 Å². The summed E-state index contributed by atoms with van der Waals surface area (Å²) in [6.07, 6.45) is 1.47. The minimum absolute atomic E-state index is 0.109. The van der Waals surface area contributed by atoms with Gasteiger partial charge < -0.3 is 10.6 Å². The molecule has 0 aliphatic carbocycles. The standard InChI is InChI=1S/C12H15FN2O/c13-11-4-2-1-3-9(11)7-14-8-10-5-6-12(16)15-10/h1-4,10,14H,5-8H2,(H,15,16)/t10-/m1/s1. The number of hydrogen-bond donors (Lipinski definition) is 2. The minimum Gasteiger partial charge on any atom is -0.352 e. The molecule has 1 aliphatic rings. The Labute approximate surface area is 94.0 Å². The molecule has 2 N–H and O–H groups in total. The van der Waals surface area contributed by atoms with E-state index in [1.54, 1.807) is 12.1 Å². The molecule has 16 heavy (non-hydrogen) atoms. The van der Waals surface area contributed by atoms with Crippen LogP contribution in [0.4, 0.5) is 4.39 Å². The van der Waals surface area contributed by atoms with E-state index in [2.05, 4.69) is 10.6 Å².